The molecule has 1 heterocycles. The second kappa shape index (κ2) is 8.79. The van der Waals surface area contributed by atoms with Gasteiger partial charge >= 0.3 is 0 Å². The summed E-state index contributed by atoms with van der Waals surface area (Å²) in [6.07, 6.45) is 1.45. The van der Waals surface area contributed by atoms with Crippen LogP contribution in [-0.2, 0) is 4.79 Å². The maximum Gasteiger partial charge on any atom is 0.291 e. The standard InChI is InChI=1S/C20H17ClN2O3S/c1-13-4-5-14(21)11-17(13)23-19(24)12-27-16-8-6-15(7-9-16)22-20(25)18-3-2-10-26-18/h2-11H,12H2,1H3,(H,22,25)(H,23,24). The second-order valence-electron chi connectivity index (χ2n) is 5.75. The number of carbonyl (C=O) groups excluding carboxylic acids is 2. The van der Waals surface area contributed by atoms with Crippen molar-refractivity contribution in [3.8, 4) is 0 Å². The van der Waals surface area contributed by atoms with Gasteiger partial charge in [0.05, 0.1) is 12.0 Å². The van der Waals surface area contributed by atoms with Crippen molar-refractivity contribution in [3.05, 3.63) is 77.2 Å². The van der Waals surface area contributed by atoms with Crippen molar-refractivity contribution in [3.63, 3.8) is 0 Å². The van der Waals surface area contributed by atoms with Crippen LogP contribution in [0.5, 0.6) is 0 Å². The highest BCUT2D eigenvalue weighted by Crippen LogP contribution is 2.23. The Bertz CT molecular complexity index is 940. The van der Waals surface area contributed by atoms with Gasteiger partial charge in [0.1, 0.15) is 0 Å². The number of carbonyl (C=O) groups is 2. The van der Waals surface area contributed by atoms with E-state index < -0.39 is 0 Å². The lowest BCUT2D eigenvalue weighted by Gasteiger charge is -2.09. The number of thioether (sulfide) groups is 1. The van der Waals surface area contributed by atoms with Crippen molar-refractivity contribution in [2.24, 2.45) is 0 Å². The number of rotatable bonds is 6. The van der Waals surface area contributed by atoms with E-state index >= 15 is 0 Å². The van der Waals surface area contributed by atoms with Crippen molar-refractivity contribution in [2.75, 3.05) is 16.4 Å². The van der Waals surface area contributed by atoms with Crippen molar-refractivity contribution in [1.29, 1.82) is 0 Å². The van der Waals surface area contributed by atoms with E-state index in [2.05, 4.69) is 10.6 Å². The number of furan rings is 1. The zero-order valence-electron chi connectivity index (χ0n) is 14.5. The minimum absolute atomic E-state index is 0.111. The van der Waals surface area contributed by atoms with Crippen molar-refractivity contribution >= 4 is 46.6 Å². The van der Waals surface area contributed by atoms with Gasteiger partial charge in [0.15, 0.2) is 5.76 Å². The van der Waals surface area contributed by atoms with Crippen LogP contribution in [-0.4, -0.2) is 17.6 Å². The average molecular weight is 401 g/mol. The summed E-state index contributed by atoms with van der Waals surface area (Å²) < 4.78 is 5.05. The fourth-order valence-electron chi connectivity index (χ4n) is 2.30. The summed E-state index contributed by atoms with van der Waals surface area (Å²) in [7, 11) is 0. The third kappa shape index (κ3) is 5.39. The van der Waals surface area contributed by atoms with Crippen LogP contribution < -0.4 is 10.6 Å². The van der Waals surface area contributed by atoms with E-state index in [1.54, 1.807) is 36.4 Å². The number of nitrogens with one attached hydrogen (secondary N) is 2. The molecule has 27 heavy (non-hydrogen) atoms. The second-order valence-corrected chi connectivity index (χ2v) is 7.24. The summed E-state index contributed by atoms with van der Waals surface area (Å²) in [6, 6.07) is 15.9. The van der Waals surface area contributed by atoms with Gasteiger partial charge in [0.2, 0.25) is 5.91 Å². The Balaban J connectivity index is 1.51. The van der Waals surface area contributed by atoms with Gasteiger partial charge < -0.3 is 15.1 Å². The SMILES string of the molecule is Cc1ccc(Cl)cc1NC(=O)CSc1ccc(NC(=O)c2ccco2)cc1. The van der Waals surface area contributed by atoms with Crippen LogP contribution in [0.1, 0.15) is 16.1 Å². The Kier molecular flexibility index (Phi) is 6.21. The number of benzene rings is 2. The first-order valence-corrected chi connectivity index (χ1v) is 9.51. The number of amides is 2. The van der Waals surface area contributed by atoms with Crippen LogP contribution in [0.15, 0.2) is 70.2 Å². The lowest BCUT2D eigenvalue weighted by atomic mass is 10.2. The van der Waals surface area contributed by atoms with E-state index in [-0.39, 0.29) is 23.3 Å². The van der Waals surface area contributed by atoms with Crippen LogP contribution in [0.4, 0.5) is 11.4 Å². The van der Waals surface area contributed by atoms with Crippen molar-refractivity contribution in [1.82, 2.24) is 0 Å². The van der Waals surface area contributed by atoms with Gasteiger partial charge in [-0.15, -0.1) is 11.8 Å². The molecule has 0 saturated carbocycles. The highest BCUT2D eigenvalue weighted by molar-refractivity contribution is 8.00. The molecule has 0 bridgehead atoms. The molecule has 2 aromatic carbocycles. The average Bonchev–Trinajstić information content (AvgIpc) is 3.19. The molecule has 7 heteroatoms. The van der Waals surface area contributed by atoms with Gasteiger partial charge in [0.25, 0.3) is 5.91 Å². The van der Waals surface area contributed by atoms with Crippen molar-refractivity contribution in [2.45, 2.75) is 11.8 Å². The minimum Gasteiger partial charge on any atom is -0.459 e. The Morgan fingerprint density at radius 3 is 2.56 bits per heavy atom. The van der Waals surface area contributed by atoms with Gasteiger partial charge in [-0.1, -0.05) is 17.7 Å². The minimum atomic E-state index is -0.309. The Labute approximate surface area is 166 Å². The number of anilines is 2. The van der Waals surface area contributed by atoms with Crippen LogP contribution in [0.3, 0.4) is 0 Å². The molecule has 5 nitrogen and oxygen atoms in total. The molecule has 0 radical (unpaired) electrons. The third-order valence-corrected chi connectivity index (χ3v) is 4.95. The predicted molar refractivity (Wildman–Crippen MR) is 109 cm³/mol. The monoisotopic (exact) mass is 400 g/mol. The topological polar surface area (TPSA) is 71.3 Å². The Morgan fingerprint density at radius 1 is 1.07 bits per heavy atom. The van der Waals surface area contributed by atoms with Gasteiger partial charge in [0, 0.05) is 21.3 Å². The highest BCUT2D eigenvalue weighted by Gasteiger charge is 2.09. The number of hydrogen-bond acceptors (Lipinski definition) is 4. The molecule has 0 spiro atoms. The first-order chi connectivity index (χ1) is 13.0. The van der Waals surface area contributed by atoms with E-state index in [9.17, 15) is 9.59 Å². The first-order valence-electron chi connectivity index (χ1n) is 8.15. The predicted octanol–water partition coefficient (Wildman–Crippen LogP) is 5.22. The van der Waals surface area contributed by atoms with E-state index in [1.165, 1.54) is 18.0 Å². The van der Waals surface area contributed by atoms with Crippen LogP contribution >= 0.6 is 23.4 Å². The summed E-state index contributed by atoms with van der Waals surface area (Å²) in [6.45, 7) is 1.91. The number of halogens is 1. The molecule has 2 amide bonds. The maximum absolute atomic E-state index is 12.2. The highest BCUT2D eigenvalue weighted by atomic mass is 35.5. The van der Waals surface area contributed by atoms with Crippen LogP contribution in [0.25, 0.3) is 0 Å². The lowest BCUT2D eigenvalue weighted by molar-refractivity contribution is -0.113. The van der Waals surface area contributed by atoms with Crippen molar-refractivity contribution < 1.29 is 14.0 Å². The first kappa shape index (κ1) is 19.1. The molecule has 0 aliphatic rings. The van der Waals surface area contributed by atoms with Gasteiger partial charge in [-0.25, -0.2) is 0 Å². The molecule has 0 saturated heterocycles. The molecule has 0 fully saturated rings. The van der Waals surface area contributed by atoms with Crippen LogP contribution in [0.2, 0.25) is 5.02 Å². The fourth-order valence-corrected chi connectivity index (χ4v) is 3.17. The number of aryl methyl sites for hydroxylation is 1. The molecular formula is C20H17ClN2O3S. The molecule has 3 rings (SSSR count). The molecule has 138 valence electrons. The molecule has 1 aromatic heterocycles. The number of hydrogen-bond donors (Lipinski definition) is 2. The van der Waals surface area contributed by atoms with E-state index in [0.29, 0.717) is 16.4 Å². The largest absolute Gasteiger partial charge is 0.459 e. The zero-order chi connectivity index (χ0) is 19.2. The molecule has 0 aliphatic carbocycles. The molecule has 3 aromatic rings. The third-order valence-electron chi connectivity index (χ3n) is 3.70. The van der Waals surface area contributed by atoms with Gasteiger partial charge in [-0.3, -0.25) is 9.59 Å². The maximum atomic E-state index is 12.2. The lowest BCUT2D eigenvalue weighted by Crippen LogP contribution is -2.14. The fraction of sp³-hybridized carbons (Fsp3) is 0.100. The summed E-state index contributed by atoms with van der Waals surface area (Å²) in [5.74, 6) is 0.100. The normalized spacial score (nSPS) is 10.4. The molecule has 0 unspecified atom stereocenters. The zero-order valence-corrected chi connectivity index (χ0v) is 16.1. The molecule has 0 aliphatic heterocycles. The summed E-state index contributed by atoms with van der Waals surface area (Å²) in [5, 5.41) is 6.19. The Hall–Kier alpha value is -2.70. The summed E-state index contributed by atoms with van der Waals surface area (Å²) >= 11 is 7.37. The molecular weight excluding hydrogens is 384 g/mol. The van der Waals surface area contributed by atoms with Crippen LogP contribution in [0, 0.1) is 6.92 Å². The molecule has 2 N–H and O–H groups in total. The van der Waals surface area contributed by atoms with Gasteiger partial charge in [-0.2, -0.15) is 0 Å². The summed E-state index contributed by atoms with van der Waals surface area (Å²) in [4.78, 5) is 25.0. The smallest absolute Gasteiger partial charge is 0.291 e. The molecule has 0 atom stereocenters. The quantitative estimate of drug-likeness (QED) is 0.556. The van der Waals surface area contributed by atoms with Gasteiger partial charge in [-0.05, 0) is 61.0 Å². The van der Waals surface area contributed by atoms with E-state index in [1.807, 2.05) is 25.1 Å². The van der Waals surface area contributed by atoms with E-state index in [0.717, 1.165) is 10.5 Å². The summed E-state index contributed by atoms with van der Waals surface area (Å²) in [5.41, 5.74) is 2.32. The Morgan fingerprint density at radius 2 is 1.85 bits per heavy atom. The van der Waals surface area contributed by atoms with E-state index in [4.69, 9.17) is 16.0 Å².